The monoisotopic (exact) mass is 286 g/mol. The molecule has 0 aliphatic rings. The van der Waals surface area contributed by atoms with Crippen LogP contribution in [0.3, 0.4) is 0 Å². The average Bonchev–Trinajstić information content (AvgIpc) is 2.75. The molecule has 1 heterocycles. The van der Waals surface area contributed by atoms with Crippen LogP contribution in [0.5, 0.6) is 0 Å². The molecular formula is C14H11BrN2. The van der Waals surface area contributed by atoms with E-state index >= 15 is 0 Å². The molecule has 0 atom stereocenters. The molecule has 2 aromatic carbocycles. The average molecular weight is 287 g/mol. The Morgan fingerprint density at radius 2 is 1.82 bits per heavy atom. The second-order valence-electron chi connectivity index (χ2n) is 4.15. The molecule has 84 valence electrons. The van der Waals surface area contributed by atoms with Crippen LogP contribution in [0.25, 0.3) is 22.0 Å². The topological polar surface area (TPSA) is 28.7 Å². The van der Waals surface area contributed by atoms with Gasteiger partial charge in [-0.05, 0) is 39.7 Å². The molecule has 1 N–H and O–H groups in total. The van der Waals surface area contributed by atoms with Crippen molar-refractivity contribution in [2.45, 2.75) is 6.92 Å². The first-order chi connectivity index (χ1) is 8.22. The second kappa shape index (κ2) is 4.00. The van der Waals surface area contributed by atoms with Gasteiger partial charge in [0.05, 0.1) is 11.9 Å². The standard InChI is InChI=1S/C14H11BrN2/c1-9-2-3-11-7-12(5-4-10(11)6-9)13-8-16-14(15)17-13/h2-8H,1H3,(H,16,17). The Balaban J connectivity index is 2.16. The minimum absolute atomic E-state index is 0.761. The highest BCUT2D eigenvalue weighted by Crippen LogP contribution is 2.24. The highest BCUT2D eigenvalue weighted by atomic mass is 79.9. The van der Waals surface area contributed by atoms with E-state index in [4.69, 9.17) is 0 Å². The Morgan fingerprint density at radius 3 is 2.59 bits per heavy atom. The van der Waals surface area contributed by atoms with Crippen molar-refractivity contribution in [3.05, 3.63) is 52.9 Å². The SMILES string of the molecule is Cc1ccc2cc(-c3cnc(Br)[nH]3)ccc2c1. The first kappa shape index (κ1) is 10.5. The van der Waals surface area contributed by atoms with E-state index in [0.29, 0.717) is 0 Å². The summed E-state index contributed by atoms with van der Waals surface area (Å²) in [6.45, 7) is 2.11. The second-order valence-corrected chi connectivity index (χ2v) is 4.90. The van der Waals surface area contributed by atoms with Crippen molar-refractivity contribution in [2.75, 3.05) is 0 Å². The van der Waals surface area contributed by atoms with Gasteiger partial charge in [0.1, 0.15) is 0 Å². The lowest BCUT2D eigenvalue weighted by Crippen LogP contribution is -1.80. The third kappa shape index (κ3) is 1.98. The number of aromatic amines is 1. The molecule has 2 nitrogen and oxygen atoms in total. The zero-order chi connectivity index (χ0) is 11.8. The van der Waals surface area contributed by atoms with Crippen LogP contribution in [0.4, 0.5) is 0 Å². The summed E-state index contributed by atoms with van der Waals surface area (Å²) in [5.74, 6) is 0. The van der Waals surface area contributed by atoms with Gasteiger partial charge in [-0.2, -0.15) is 0 Å². The van der Waals surface area contributed by atoms with Gasteiger partial charge >= 0.3 is 0 Å². The molecule has 0 radical (unpaired) electrons. The molecule has 0 saturated carbocycles. The molecule has 1 aromatic heterocycles. The van der Waals surface area contributed by atoms with Crippen LogP contribution in [-0.2, 0) is 0 Å². The number of nitrogens with one attached hydrogen (secondary N) is 1. The summed E-state index contributed by atoms with van der Waals surface area (Å²) in [5, 5.41) is 2.52. The van der Waals surface area contributed by atoms with E-state index in [1.54, 1.807) is 0 Å². The summed E-state index contributed by atoms with van der Waals surface area (Å²) in [7, 11) is 0. The van der Waals surface area contributed by atoms with E-state index in [-0.39, 0.29) is 0 Å². The van der Waals surface area contributed by atoms with E-state index in [2.05, 4.69) is 69.2 Å². The third-order valence-corrected chi connectivity index (χ3v) is 3.25. The molecule has 0 saturated heterocycles. The van der Waals surface area contributed by atoms with Gasteiger partial charge in [0.25, 0.3) is 0 Å². The first-order valence-corrected chi connectivity index (χ1v) is 6.23. The molecule has 17 heavy (non-hydrogen) atoms. The molecule has 0 unspecified atom stereocenters. The Labute approximate surface area is 108 Å². The fraction of sp³-hybridized carbons (Fsp3) is 0.0714. The number of H-pyrrole nitrogens is 1. The number of fused-ring (bicyclic) bond motifs is 1. The minimum atomic E-state index is 0.761. The van der Waals surface area contributed by atoms with E-state index in [1.165, 1.54) is 16.3 Å². The van der Waals surface area contributed by atoms with Crippen molar-refractivity contribution in [3.63, 3.8) is 0 Å². The van der Waals surface area contributed by atoms with Crippen molar-refractivity contribution in [1.29, 1.82) is 0 Å². The fourth-order valence-corrected chi connectivity index (χ4v) is 2.29. The van der Waals surface area contributed by atoms with Crippen LogP contribution >= 0.6 is 15.9 Å². The van der Waals surface area contributed by atoms with Gasteiger partial charge in [-0.15, -0.1) is 0 Å². The van der Waals surface area contributed by atoms with Crippen LogP contribution in [-0.4, -0.2) is 9.97 Å². The molecule has 0 fully saturated rings. The lowest BCUT2D eigenvalue weighted by Gasteiger charge is -2.02. The zero-order valence-corrected chi connectivity index (χ0v) is 11.0. The lowest BCUT2D eigenvalue weighted by molar-refractivity contribution is 1.24. The summed E-state index contributed by atoms with van der Waals surface area (Å²) in [4.78, 5) is 7.32. The number of hydrogen-bond donors (Lipinski definition) is 1. The quantitative estimate of drug-likeness (QED) is 0.710. The maximum Gasteiger partial charge on any atom is 0.174 e. The molecule has 3 rings (SSSR count). The smallest absolute Gasteiger partial charge is 0.174 e. The van der Waals surface area contributed by atoms with Crippen LogP contribution in [0.1, 0.15) is 5.56 Å². The van der Waals surface area contributed by atoms with Gasteiger partial charge in [-0.3, -0.25) is 0 Å². The predicted octanol–water partition coefficient (Wildman–Crippen LogP) is 4.30. The number of rotatable bonds is 1. The van der Waals surface area contributed by atoms with E-state index in [9.17, 15) is 0 Å². The molecule has 0 aliphatic heterocycles. The first-order valence-electron chi connectivity index (χ1n) is 5.44. The van der Waals surface area contributed by atoms with E-state index < -0.39 is 0 Å². The largest absolute Gasteiger partial charge is 0.333 e. The zero-order valence-electron chi connectivity index (χ0n) is 9.37. The van der Waals surface area contributed by atoms with Gasteiger partial charge < -0.3 is 4.98 Å². The number of halogens is 1. The highest BCUT2D eigenvalue weighted by Gasteiger charge is 2.02. The van der Waals surface area contributed by atoms with Gasteiger partial charge in [0.15, 0.2) is 4.73 Å². The number of aryl methyl sites for hydroxylation is 1. The summed E-state index contributed by atoms with van der Waals surface area (Å²) >= 11 is 3.32. The van der Waals surface area contributed by atoms with Crippen molar-refractivity contribution in [3.8, 4) is 11.3 Å². The number of aromatic nitrogens is 2. The van der Waals surface area contributed by atoms with Crippen LogP contribution in [0.15, 0.2) is 47.3 Å². The van der Waals surface area contributed by atoms with Crippen LogP contribution in [0.2, 0.25) is 0 Å². The van der Waals surface area contributed by atoms with Crippen molar-refractivity contribution < 1.29 is 0 Å². The van der Waals surface area contributed by atoms with E-state index in [0.717, 1.165) is 16.0 Å². The summed E-state index contributed by atoms with van der Waals surface area (Å²) < 4.78 is 0.761. The van der Waals surface area contributed by atoms with Crippen molar-refractivity contribution in [2.24, 2.45) is 0 Å². The van der Waals surface area contributed by atoms with Gasteiger partial charge in [-0.25, -0.2) is 4.98 Å². The van der Waals surface area contributed by atoms with E-state index in [1.807, 2.05) is 6.20 Å². The molecule has 3 heteroatoms. The molecular weight excluding hydrogens is 276 g/mol. The molecule has 0 aliphatic carbocycles. The summed E-state index contributed by atoms with van der Waals surface area (Å²) in [6, 6.07) is 12.9. The maximum absolute atomic E-state index is 4.15. The lowest BCUT2D eigenvalue weighted by atomic mass is 10.0. The Kier molecular flexibility index (Phi) is 2.48. The van der Waals surface area contributed by atoms with Crippen molar-refractivity contribution >= 4 is 26.7 Å². The number of imidazole rings is 1. The number of benzene rings is 2. The fourth-order valence-electron chi connectivity index (χ4n) is 1.98. The van der Waals surface area contributed by atoms with Crippen LogP contribution in [0, 0.1) is 6.92 Å². The van der Waals surface area contributed by atoms with Gasteiger partial charge in [-0.1, -0.05) is 35.9 Å². The number of nitrogens with zero attached hydrogens (tertiary/aromatic N) is 1. The van der Waals surface area contributed by atoms with Gasteiger partial charge in [0.2, 0.25) is 0 Å². The molecule has 3 aromatic rings. The predicted molar refractivity (Wildman–Crippen MR) is 74.0 cm³/mol. The summed E-state index contributed by atoms with van der Waals surface area (Å²) in [6.07, 6.45) is 1.83. The van der Waals surface area contributed by atoms with Crippen LogP contribution < -0.4 is 0 Å². The Hall–Kier alpha value is -1.61. The highest BCUT2D eigenvalue weighted by molar-refractivity contribution is 9.10. The molecule has 0 spiro atoms. The Bertz CT molecular complexity index is 686. The third-order valence-electron chi connectivity index (χ3n) is 2.85. The molecule has 0 bridgehead atoms. The van der Waals surface area contributed by atoms with Gasteiger partial charge in [0, 0.05) is 5.56 Å². The number of hydrogen-bond acceptors (Lipinski definition) is 1. The van der Waals surface area contributed by atoms with Crippen molar-refractivity contribution in [1.82, 2.24) is 9.97 Å². The molecule has 0 amide bonds. The normalized spacial score (nSPS) is 10.9. The maximum atomic E-state index is 4.15. The minimum Gasteiger partial charge on any atom is -0.333 e. The Morgan fingerprint density at radius 1 is 1.06 bits per heavy atom. The summed E-state index contributed by atoms with van der Waals surface area (Å²) in [5.41, 5.74) is 3.47.